The predicted molar refractivity (Wildman–Crippen MR) is 81.3 cm³/mol. The van der Waals surface area contributed by atoms with E-state index in [-0.39, 0.29) is 0 Å². The molecule has 0 radical (unpaired) electrons. The van der Waals surface area contributed by atoms with Gasteiger partial charge in [0.15, 0.2) is 0 Å². The molecular weight excluding hydrogens is 232 g/mol. The molecule has 3 aliphatic rings. The van der Waals surface area contributed by atoms with Crippen LogP contribution in [0.25, 0.3) is 0 Å². The highest BCUT2D eigenvalue weighted by Crippen LogP contribution is 2.42. The molecule has 19 heavy (non-hydrogen) atoms. The van der Waals surface area contributed by atoms with E-state index in [2.05, 4.69) is 24.2 Å². The minimum atomic E-state index is 0.821. The van der Waals surface area contributed by atoms with E-state index in [1.807, 2.05) is 0 Å². The van der Waals surface area contributed by atoms with Crippen LogP contribution in [0, 0.1) is 11.8 Å². The summed E-state index contributed by atoms with van der Waals surface area (Å²) in [5, 5.41) is 3.89. The molecule has 2 aliphatic heterocycles. The molecule has 0 amide bonds. The number of rotatable bonds is 4. The minimum absolute atomic E-state index is 0.821. The molecule has 2 saturated heterocycles. The van der Waals surface area contributed by atoms with Crippen LogP contribution in [0.3, 0.4) is 0 Å². The van der Waals surface area contributed by atoms with Gasteiger partial charge >= 0.3 is 0 Å². The van der Waals surface area contributed by atoms with Crippen molar-refractivity contribution in [2.24, 2.45) is 11.8 Å². The van der Waals surface area contributed by atoms with Crippen LogP contribution in [0.1, 0.15) is 64.7 Å². The van der Waals surface area contributed by atoms with Crippen molar-refractivity contribution < 1.29 is 0 Å². The summed E-state index contributed by atoms with van der Waals surface area (Å²) in [7, 11) is 2.36. The zero-order valence-corrected chi connectivity index (χ0v) is 12.9. The van der Waals surface area contributed by atoms with Gasteiger partial charge < -0.3 is 10.2 Å². The number of hydrogen-bond donors (Lipinski definition) is 1. The Morgan fingerprint density at radius 2 is 1.58 bits per heavy atom. The predicted octanol–water partition coefficient (Wildman–Crippen LogP) is 3.42. The van der Waals surface area contributed by atoms with Gasteiger partial charge in [-0.3, -0.25) is 0 Å². The molecule has 2 nitrogen and oxygen atoms in total. The van der Waals surface area contributed by atoms with Crippen LogP contribution in [0.2, 0.25) is 0 Å². The van der Waals surface area contributed by atoms with Crippen molar-refractivity contribution in [1.82, 2.24) is 10.2 Å². The zero-order valence-electron chi connectivity index (χ0n) is 12.9. The lowest BCUT2D eigenvalue weighted by molar-refractivity contribution is 0.0872. The van der Waals surface area contributed by atoms with E-state index in [0.29, 0.717) is 0 Å². The van der Waals surface area contributed by atoms with Crippen molar-refractivity contribution in [2.75, 3.05) is 13.6 Å². The number of nitrogens with zero attached hydrogens (tertiary/aromatic N) is 1. The Morgan fingerprint density at radius 3 is 2.16 bits per heavy atom. The molecule has 0 aromatic rings. The molecule has 1 aliphatic carbocycles. The number of piperidine rings is 1. The Morgan fingerprint density at radius 1 is 0.947 bits per heavy atom. The molecular formula is C17H32N2. The molecule has 3 rings (SSSR count). The first-order chi connectivity index (χ1) is 9.29. The average Bonchev–Trinajstić information content (AvgIpc) is 2.67. The van der Waals surface area contributed by atoms with Crippen LogP contribution in [0.4, 0.5) is 0 Å². The molecule has 2 bridgehead atoms. The van der Waals surface area contributed by atoms with Gasteiger partial charge in [-0.1, -0.05) is 26.2 Å². The lowest BCUT2D eigenvalue weighted by Gasteiger charge is -2.43. The normalized spacial score (nSPS) is 38.5. The molecule has 3 unspecified atom stereocenters. The van der Waals surface area contributed by atoms with Crippen molar-refractivity contribution in [3.05, 3.63) is 0 Å². The molecule has 2 heteroatoms. The van der Waals surface area contributed by atoms with Gasteiger partial charge in [-0.05, 0) is 64.0 Å². The first kappa shape index (κ1) is 13.9. The summed E-state index contributed by atoms with van der Waals surface area (Å²) in [5.41, 5.74) is 0. The molecule has 0 aromatic carbocycles. The lowest BCUT2D eigenvalue weighted by atomic mass is 9.74. The summed E-state index contributed by atoms with van der Waals surface area (Å²) in [6, 6.07) is 2.61. The molecule has 0 aromatic heterocycles. The maximum Gasteiger partial charge on any atom is 0.0125 e. The largest absolute Gasteiger partial charge is 0.314 e. The van der Waals surface area contributed by atoms with Gasteiger partial charge in [0, 0.05) is 18.1 Å². The third-order valence-corrected chi connectivity index (χ3v) is 6.24. The molecule has 110 valence electrons. The molecule has 0 spiro atoms. The Kier molecular flexibility index (Phi) is 4.48. The van der Waals surface area contributed by atoms with Crippen LogP contribution in [-0.4, -0.2) is 36.6 Å². The quantitative estimate of drug-likeness (QED) is 0.837. The molecule has 3 atom stereocenters. The molecule has 3 fully saturated rings. The maximum atomic E-state index is 3.89. The monoisotopic (exact) mass is 264 g/mol. The van der Waals surface area contributed by atoms with Crippen LogP contribution in [-0.2, 0) is 0 Å². The number of hydrogen-bond acceptors (Lipinski definition) is 2. The summed E-state index contributed by atoms with van der Waals surface area (Å²) in [6.45, 7) is 3.45. The van der Waals surface area contributed by atoms with Crippen LogP contribution in [0.5, 0.6) is 0 Å². The third kappa shape index (κ3) is 2.85. The van der Waals surface area contributed by atoms with E-state index in [9.17, 15) is 0 Å². The van der Waals surface area contributed by atoms with Gasteiger partial charge in [-0.25, -0.2) is 0 Å². The van der Waals surface area contributed by atoms with Gasteiger partial charge in [-0.2, -0.15) is 0 Å². The van der Waals surface area contributed by atoms with Gasteiger partial charge in [0.1, 0.15) is 0 Å². The molecule has 1 saturated carbocycles. The average molecular weight is 264 g/mol. The second-order valence-electron chi connectivity index (χ2n) is 7.26. The third-order valence-electron chi connectivity index (χ3n) is 6.24. The van der Waals surface area contributed by atoms with Gasteiger partial charge in [0.25, 0.3) is 0 Å². The summed E-state index contributed by atoms with van der Waals surface area (Å²) < 4.78 is 0. The van der Waals surface area contributed by atoms with Gasteiger partial charge in [0.2, 0.25) is 0 Å². The smallest absolute Gasteiger partial charge is 0.0125 e. The van der Waals surface area contributed by atoms with E-state index in [1.54, 1.807) is 0 Å². The Bertz CT molecular complexity index is 271. The Hall–Kier alpha value is -0.0800. The van der Waals surface area contributed by atoms with Crippen LogP contribution < -0.4 is 5.32 Å². The van der Waals surface area contributed by atoms with E-state index in [4.69, 9.17) is 0 Å². The van der Waals surface area contributed by atoms with E-state index in [1.165, 1.54) is 57.8 Å². The van der Waals surface area contributed by atoms with Crippen molar-refractivity contribution in [3.8, 4) is 0 Å². The standard InChI is InChI=1S/C17H32N2/c1-3-18-17(13-7-5-4-6-8-13)14-11-15-9-10-16(12-14)19(15)2/h13-18H,3-12H2,1-2H3. The van der Waals surface area contributed by atoms with Crippen molar-refractivity contribution in [1.29, 1.82) is 0 Å². The SMILES string of the molecule is CCNC(C1CCCCC1)C1CC2CCC(C1)N2C. The molecule has 1 N–H and O–H groups in total. The topological polar surface area (TPSA) is 15.3 Å². The zero-order chi connectivity index (χ0) is 13.2. The molecule has 2 heterocycles. The highest BCUT2D eigenvalue weighted by Gasteiger charge is 2.42. The highest BCUT2D eigenvalue weighted by atomic mass is 15.2. The van der Waals surface area contributed by atoms with Crippen LogP contribution >= 0.6 is 0 Å². The minimum Gasteiger partial charge on any atom is -0.314 e. The Balaban J connectivity index is 1.66. The van der Waals surface area contributed by atoms with Gasteiger partial charge in [0.05, 0.1) is 0 Å². The highest BCUT2D eigenvalue weighted by molar-refractivity contribution is 4.98. The summed E-state index contributed by atoms with van der Waals surface area (Å²) in [5.74, 6) is 1.93. The van der Waals surface area contributed by atoms with Crippen molar-refractivity contribution >= 4 is 0 Å². The fourth-order valence-electron chi connectivity index (χ4n) is 5.19. The lowest BCUT2D eigenvalue weighted by Crippen LogP contribution is -2.50. The van der Waals surface area contributed by atoms with Crippen LogP contribution in [0.15, 0.2) is 0 Å². The summed E-state index contributed by atoms with van der Waals surface area (Å²) >= 11 is 0. The Labute approximate surface area is 119 Å². The second-order valence-corrected chi connectivity index (χ2v) is 7.26. The maximum absolute atomic E-state index is 3.89. The summed E-state index contributed by atoms with van der Waals surface area (Å²) in [6.07, 6.45) is 13.2. The summed E-state index contributed by atoms with van der Waals surface area (Å²) in [4.78, 5) is 2.68. The number of fused-ring (bicyclic) bond motifs is 2. The van der Waals surface area contributed by atoms with Crippen molar-refractivity contribution in [3.63, 3.8) is 0 Å². The van der Waals surface area contributed by atoms with E-state index >= 15 is 0 Å². The first-order valence-corrected chi connectivity index (χ1v) is 8.75. The first-order valence-electron chi connectivity index (χ1n) is 8.75. The van der Waals surface area contributed by atoms with E-state index < -0.39 is 0 Å². The van der Waals surface area contributed by atoms with Gasteiger partial charge in [-0.15, -0.1) is 0 Å². The second kappa shape index (κ2) is 6.13. The number of nitrogens with one attached hydrogen (secondary N) is 1. The fraction of sp³-hybridized carbons (Fsp3) is 1.00. The van der Waals surface area contributed by atoms with E-state index in [0.717, 1.165) is 36.5 Å². The fourth-order valence-corrected chi connectivity index (χ4v) is 5.19. The van der Waals surface area contributed by atoms with Crippen molar-refractivity contribution in [2.45, 2.75) is 82.8 Å².